The van der Waals surface area contributed by atoms with E-state index in [1.807, 2.05) is 54.9 Å². The molecule has 1 saturated carbocycles. The third-order valence-electron chi connectivity index (χ3n) is 9.01. The predicted molar refractivity (Wildman–Crippen MR) is 167 cm³/mol. The maximum Gasteiger partial charge on any atom is 0.407 e. The molecule has 5 aromatic rings. The summed E-state index contributed by atoms with van der Waals surface area (Å²) in [5, 5.41) is 9.30. The van der Waals surface area contributed by atoms with Crippen molar-refractivity contribution in [2.75, 3.05) is 13.1 Å². The monoisotopic (exact) mass is 565 g/mol. The predicted octanol–water partition coefficient (Wildman–Crippen LogP) is 7.12. The highest BCUT2D eigenvalue weighted by Crippen LogP contribution is 2.46. The highest BCUT2D eigenvalue weighted by molar-refractivity contribution is 6.07. The van der Waals surface area contributed by atoms with Gasteiger partial charge in [-0.1, -0.05) is 115 Å². The first-order valence-electron chi connectivity index (χ1n) is 14.5. The van der Waals surface area contributed by atoms with Crippen LogP contribution in [0.2, 0.25) is 0 Å². The van der Waals surface area contributed by atoms with Crippen LogP contribution in [-0.2, 0) is 10.3 Å². The standard InChI is InChI=1S/C37H31N3O3/c41-34-28(20-21-36(34)24-39(25-36)35(42)43)22-27-12-10-11-19-32(27)33-23-40(26-38-33)37(29-13-4-1-5-14-29,30-15-6-2-7-16-30)31-17-8-3-9-18-31/h1-19,22-23,26H,20-21,24-25H2,(H,42,43)/b28-22+. The number of nitrogens with zero attached hydrogens (tertiary/aromatic N) is 3. The number of hydrogen-bond donors (Lipinski definition) is 1. The van der Waals surface area contributed by atoms with Crippen LogP contribution in [0.4, 0.5) is 4.79 Å². The fraction of sp³-hybridized carbons (Fsp3) is 0.162. The van der Waals surface area contributed by atoms with Gasteiger partial charge in [-0.3, -0.25) is 4.79 Å². The lowest BCUT2D eigenvalue weighted by Crippen LogP contribution is -2.60. The molecule has 1 saturated heterocycles. The van der Waals surface area contributed by atoms with Gasteiger partial charge in [0.1, 0.15) is 5.54 Å². The number of likely N-dealkylation sites (tertiary alicyclic amines) is 1. The molecule has 0 bridgehead atoms. The summed E-state index contributed by atoms with van der Waals surface area (Å²) in [6.45, 7) is 0.566. The SMILES string of the molecule is O=C(O)N1CC2(CC/C(=C\c3ccccc3-c3cn(C(c4ccccc4)(c4ccccc4)c4ccccc4)cn3)C2=O)C1. The molecule has 43 heavy (non-hydrogen) atoms. The zero-order chi connectivity index (χ0) is 29.4. The fourth-order valence-electron chi connectivity index (χ4n) is 6.88. The van der Waals surface area contributed by atoms with Crippen LogP contribution in [0.1, 0.15) is 35.1 Å². The number of imidazole rings is 1. The number of carbonyl (C=O) groups is 2. The van der Waals surface area contributed by atoms with Crippen molar-refractivity contribution in [2.24, 2.45) is 5.41 Å². The Morgan fingerprint density at radius 1 is 0.791 bits per heavy atom. The van der Waals surface area contributed by atoms with Crippen molar-refractivity contribution < 1.29 is 14.7 Å². The third kappa shape index (κ3) is 4.38. The van der Waals surface area contributed by atoms with E-state index in [0.29, 0.717) is 12.8 Å². The first kappa shape index (κ1) is 26.7. The zero-order valence-corrected chi connectivity index (χ0v) is 23.6. The average Bonchev–Trinajstić information content (AvgIpc) is 3.64. The van der Waals surface area contributed by atoms with Crippen molar-refractivity contribution in [1.82, 2.24) is 14.5 Å². The van der Waals surface area contributed by atoms with Gasteiger partial charge in [0.15, 0.2) is 5.78 Å². The Kier molecular flexibility index (Phi) is 6.54. The number of Topliss-reactive ketones (excluding diaryl/α,β-unsaturated/α-hetero) is 1. The summed E-state index contributed by atoms with van der Waals surface area (Å²) in [4.78, 5) is 31.0. The van der Waals surface area contributed by atoms with Gasteiger partial charge in [-0.2, -0.15) is 0 Å². The second-order valence-electron chi connectivity index (χ2n) is 11.5. The van der Waals surface area contributed by atoms with Crippen LogP contribution in [0, 0.1) is 5.41 Å². The molecule has 1 spiro atoms. The lowest BCUT2D eigenvalue weighted by molar-refractivity contribution is -0.130. The minimum absolute atomic E-state index is 0.0709. The van der Waals surface area contributed by atoms with Crippen LogP contribution in [0.15, 0.2) is 133 Å². The molecular formula is C37H31N3O3. The van der Waals surface area contributed by atoms with Crippen LogP contribution in [0.5, 0.6) is 0 Å². The average molecular weight is 566 g/mol. The van der Waals surface area contributed by atoms with Crippen molar-refractivity contribution in [3.63, 3.8) is 0 Å². The molecule has 7 rings (SSSR count). The number of amides is 1. The molecule has 6 nitrogen and oxygen atoms in total. The molecule has 4 aromatic carbocycles. The molecule has 0 radical (unpaired) electrons. The summed E-state index contributed by atoms with van der Waals surface area (Å²) in [5.41, 5.74) is 5.53. The Morgan fingerprint density at radius 3 is 1.88 bits per heavy atom. The molecule has 1 aromatic heterocycles. The van der Waals surface area contributed by atoms with E-state index >= 15 is 0 Å². The lowest BCUT2D eigenvalue weighted by atomic mass is 9.76. The lowest BCUT2D eigenvalue weighted by Gasteiger charge is -2.44. The number of aromatic nitrogens is 2. The van der Waals surface area contributed by atoms with E-state index in [2.05, 4.69) is 83.6 Å². The maximum absolute atomic E-state index is 13.4. The Morgan fingerprint density at radius 2 is 1.33 bits per heavy atom. The van der Waals surface area contributed by atoms with E-state index in [4.69, 9.17) is 4.98 Å². The first-order valence-corrected chi connectivity index (χ1v) is 14.5. The van der Waals surface area contributed by atoms with Gasteiger partial charge in [0.05, 0.1) is 17.4 Å². The molecule has 2 fully saturated rings. The summed E-state index contributed by atoms with van der Waals surface area (Å²) >= 11 is 0. The van der Waals surface area contributed by atoms with E-state index < -0.39 is 17.0 Å². The van der Waals surface area contributed by atoms with Gasteiger partial charge in [0.2, 0.25) is 0 Å². The molecule has 6 heteroatoms. The molecule has 0 unspecified atom stereocenters. The van der Waals surface area contributed by atoms with Crippen LogP contribution < -0.4 is 0 Å². The summed E-state index contributed by atoms with van der Waals surface area (Å²) in [7, 11) is 0. The minimum atomic E-state index is -0.964. The fourth-order valence-corrected chi connectivity index (χ4v) is 6.88. The summed E-state index contributed by atoms with van der Waals surface area (Å²) in [6, 6.07) is 39.5. The molecule has 212 valence electrons. The van der Waals surface area contributed by atoms with E-state index in [1.165, 1.54) is 4.90 Å². The van der Waals surface area contributed by atoms with Gasteiger partial charge in [-0.25, -0.2) is 9.78 Å². The van der Waals surface area contributed by atoms with Crippen LogP contribution in [-0.4, -0.2) is 44.5 Å². The second kappa shape index (κ2) is 10.6. The number of allylic oxidation sites excluding steroid dienone is 1. The van der Waals surface area contributed by atoms with Crippen molar-refractivity contribution in [3.8, 4) is 11.3 Å². The highest BCUT2D eigenvalue weighted by atomic mass is 16.4. The first-order chi connectivity index (χ1) is 21.0. The molecular weight excluding hydrogens is 534 g/mol. The smallest absolute Gasteiger partial charge is 0.407 e. The Balaban J connectivity index is 1.33. The topological polar surface area (TPSA) is 75.4 Å². The van der Waals surface area contributed by atoms with Gasteiger partial charge < -0.3 is 14.6 Å². The molecule has 1 aliphatic carbocycles. The van der Waals surface area contributed by atoms with E-state index in [0.717, 1.165) is 39.1 Å². The molecule has 1 amide bonds. The van der Waals surface area contributed by atoms with Crippen LogP contribution in [0.25, 0.3) is 17.3 Å². The van der Waals surface area contributed by atoms with Crippen molar-refractivity contribution in [3.05, 3.63) is 156 Å². The molecule has 2 heterocycles. The summed E-state index contributed by atoms with van der Waals surface area (Å²) in [5.74, 6) is 0.0709. The Bertz CT molecular complexity index is 1720. The van der Waals surface area contributed by atoms with Crippen LogP contribution >= 0.6 is 0 Å². The zero-order valence-electron chi connectivity index (χ0n) is 23.6. The van der Waals surface area contributed by atoms with E-state index in [1.54, 1.807) is 0 Å². The van der Waals surface area contributed by atoms with Crippen molar-refractivity contribution >= 4 is 18.0 Å². The Hall–Kier alpha value is -5.23. The van der Waals surface area contributed by atoms with E-state index in [-0.39, 0.29) is 18.9 Å². The largest absolute Gasteiger partial charge is 0.465 e. The summed E-state index contributed by atoms with van der Waals surface area (Å²) in [6.07, 6.45) is 6.35. The number of ketones is 1. The molecule has 0 atom stereocenters. The van der Waals surface area contributed by atoms with Gasteiger partial charge in [0, 0.05) is 24.8 Å². The Labute approximate surface area is 250 Å². The summed E-state index contributed by atoms with van der Waals surface area (Å²) < 4.78 is 2.19. The second-order valence-corrected chi connectivity index (χ2v) is 11.5. The number of carboxylic acid groups (broad SMARTS) is 1. The maximum atomic E-state index is 13.4. The quantitative estimate of drug-likeness (QED) is 0.176. The number of benzene rings is 4. The van der Waals surface area contributed by atoms with Crippen molar-refractivity contribution in [2.45, 2.75) is 18.4 Å². The van der Waals surface area contributed by atoms with Gasteiger partial charge >= 0.3 is 6.09 Å². The highest BCUT2D eigenvalue weighted by Gasteiger charge is 2.54. The van der Waals surface area contributed by atoms with Gasteiger partial charge in [-0.15, -0.1) is 0 Å². The normalized spacial score (nSPS) is 16.9. The number of hydrogen-bond acceptors (Lipinski definition) is 3. The minimum Gasteiger partial charge on any atom is -0.465 e. The van der Waals surface area contributed by atoms with Crippen LogP contribution in [0.3, 0.4) is 0 Å². The van der Waals surface area contributed by atoms with Gasteiger partial charge in [-0.05, 0) is 46.7 Å². The van der Waals surface area contributed by atoms with Crippen molar-refractivity contribution in [1.29, 1.82) is 0 Å². The van der Waals surface area contributed by atoms with E-state index in [9.17, 15) is 14.7 Å². The molecule has 2 aliphatic rings. The molecule has 1 aliphatic heterocycles. The number of rotatable bonds is 6. The van der Waals surface area contributed by atoms with Gasteiger partial charge in [0.25, 0.3) is 0 Å². The molecule has 1 N–H and O–H groups in total. The third-order valence-corrected chi connectivity index (χ3v) is 9.01. The number of carbonyl (C=O) groups excluding carboxylic acids is 1.